The third-order valence-corrected chi connectivity index (χ3v) is 2.74. The molecule has 0 fully saturated rings. The highest BCUT2D eigenvalue weighted by atomic mass is 16.1. The molecule has 0 spiro atoms. The van der Waals surface area contributed by atoms with Crippen LogP contribution in [-0.2, 0) is 0 Å². The lowest BCUT2D eigenvalue weighted by Gasteiger charge is -2.06. The Morgan fingerprint density at radius 1 is 1.06 bits per heavy atom. The van der Waals surface area contributed by atoms with Gasteiger partial charge in [-0.2, -0.15) is 0 Å². The fraction of sp³-hybridized carbons (Fsp3) is 0.0667. The van der Waals surface area contributed by atoms with Crippen molar-refractivity contribution in [2.75, 3.05) is 0 Å². The van der Waals surface area contributed by atoms with Gasteiger partial charge in [-0.15, -0.1) is 0 Å². The lowest BCUT2D eigenvalue weighted by atomic mass is 9.99. The van der Waals surface area contributed by atoms with Crippen molar-refractivity contribution in [3.05, 3.63) is 59.2 Å². The number of aldehydes is 1. The van der Waals surface area contributed by atoms with Crippen molar-refractivity contribution in [2.24, 2.45) is 5.73 Å². The van der Waals surface area contributed by atoms with Gasteiger partial charge in [0, 0.05) is 11.1 Å². The SMILES string of the molecule is Cc1cc(C(N)=O)cc(-c2ccc(C=O)cc2)c1. The molecule has 0 heterocycles. The number of amides is 1. The van der Waals surface area contributed by atoms with Crippen molar-refractivity contribution in [3.8, 4) is 11.1 Å². The van der Waals surface area contributed by atoms with Crippen molar-refractivity contribution >= 4 is 12.2 Å². The van der Waals surface area contributed by atoms with E-state index < -0.39 is 5.91 Å². The van der Waals surface area contributed by atoms with E-state index >= 15 is 0 Å². The molecule has 0 aromatic heterocycles. The third-order valence-electron chi connectivity index (χ3n) is 2.74. The Morgan fingerprint density at radius 3 is 2.28 bits per heavy atom. The van der Waals surface area contributed by atoms with Crippen LogP contribution in [0.1, 0.15) is 26.3 Å². The minimum atomic E-state index is -0.440. The smallest absolute Gasteiger partial charge is 0.248 e. The molecule has 0 aliphatic heterocycles. The van der Waals surface area contributed by atoms with Gasteiger partial charge in [0.05, 0.1) is 0 Å². The first-order chi connectivity index (χ1) is 8.60. The Kier molecular flexibility index (Phi) is 3.24. The first kappa shape index (κ1) is 12.0. The maximum absolute atomic E-state index is 11.2. The second kappa shape index (κ2) is 4.84. The molecule has 0 aliphatic carbocycles. The van der Waals surface area contributed by atoms with Crippen LogP contribution in [-0.4, -0.2) is 12.2 Å². The standard InChI is InChI=1S/C15H13NO2/c1-10-6-13(8-14(7-10)15(16)18)12-4-2-11(9-17)3-5-12/h2-9H,1H3,(H2,16,18). The summed E-state index contributed by atoms with van der Waals surface area (Å²) in [5.41, 5.74) is 9.25. The van der Waals surface area contributed by atoms with Gasteiger partial charge >= 0.3 is 0 Å². The van der Waals surface area contributed by atoms with Gasteiger partial charge in [0.15, 0.2) is 0 Å². The maximum Gasteiger partial charge on any atom is 0.248 e. The molecule has 0 aliphatic rings. The van der Waals surface area contributed by atoms with Crippen LogP contribution in [0.15, 0.2) is 42.5 Å². The van der Waals surface area contributed by atoms with Gasteiger partial charge in [-0.05, 0) is 35.7 Å². The molecule has 0 saturated heterocycles. The van der Waals surface area contributed by atoms with Crippen LogP contribution in [0.25, 0.3) is 11.1 Å². The monoisotopic (exact) mass is 239 g/mol. The lowest BCUT2D eigenvalue weighted by molar-refractivity contribution is 0.0999. The fourth-order valence-electron chi connectivity index (χ4n) is 1.85. The molecule has 1 amide bonds. The molecule has 90 valence electrons. The van der Waals surface area contributed by atoms with E-state index in [0.29, 0.717) is 11.1 Å². The minimum absolute atomic E-state index is 0.440. The number of hydrogen-bond donors (Lipinski definition) is 1. The zero-order valence-electron chi connectivity index (χ0n) is 10.0. The Balaban J connectivity index is 2.49. The highest BCUT2D eigenvalue weighted by molar-refractivity contribution is 5.94. The van der Waals surface area contributed by atoms with Crippen molar-refractivity contribution in [3.63, 3.8) is 0 Å². The number of aryl methyl sites for hydroxylation is 1. The zero-order valence-corrected chi connectivity index (χ0v) is 10.0. The second-order valence-corrected chi connectivity index (χ2v) is 4.19. The summed E-state index contributed by atoms with van der Waals surface area (Å²) in [6.07, 6.45) is 0.800. The number of carbonyl (C=O) groups is 2. The molecule has 0 bridgehead atoms. The van der Waals surface area contributed by atoms with Crippen LogP contribution in [0.2, 0.25) is 0 Å². The molecule has 0 saturated carbocycles. The molecule has 2 N–H and O–H groups in total. The summed E-state index contributed by atoms with van der Waals surface area (Å²) in [5.74, 6) is -0.440. The van der Waals surface area contributed by atoms with Crippen LogP contribution in [0.4, 0.5) is 0 Å². The Bertz CT molecular complexity index is 600. The normalized spacial score (nSPS) is 10.1. The Labute approximate surface area is 105 Å². The summed E-state index contributed by atoms with van der Waals surface area (Å²) in [4.78, 5) is 21.8. The van der Waals surface area contributed by atoms with E-state index in [1.54, 1.807) is 24.3 Å². The number of primary amides is 1. The van der Waals surface area contributed by atoms with Gasteiger partial charge < -0.3 is 5.73 Å². The van der Waals surface area contributed by atoms with E-state index in [4.69, 9.17) is 5.73 Å². The van der Waals surface area contributed by atoms with E-state index in [1.807, 2.05) is 25.1 Å². The molecule has 3 nitrogen and oxygen atoms in total. The summed E-state index contributed by atoms with van der Waals surface area (Å²) in [6, 6.07) is 12.7. The molecule has 2 aromatic rings. The summed E-state index contributed by atoms with van der Waals surface area (Å²) in [7, 11) is 0. The number of benzene rings is 2. The van der Waals surface area contributed by atoms with Gasteiger partial charge in [0.25, 0.3) is 0 Å². The van der Waals surface area contributed by atoms with E-state index in [0.717, 1.165) is 23.0 Å². The van der Waals surface area contributed by atoms with Gasteiger partial charge in [-0.3, -0.25) is 9.59 Å². The average Bonchev–Trinajstić information content (AvgIpc) is 2.38. The van der Waals surface area contributed by atoms with Gasteiger partial charge in [0.1, 0.15) is 6.29 Å². The zero-order chi connectivity index (χ0) is 13.1. The first-order valence-electron chi connectivity index (χ1n) is 5.57. The first-order valence-corrected chi connectivity index (χ1v) is 5.57. The van der Waals surface area contributed by atoms with Gasteiger partial charge in [-0.25, -0.2) is 0 Å². The molecular weight excluding hydrogens is 226 g/mol. The van der Waals surface area contributed by atoms with E-state index in [1.165, 1.54) is 0 Å². The van der Waals surface area contributed by atoms with Gasteiger partial charge in [-0.1, -0.05) is 30.3 Å². The van der Waals surface area contributed by atoms with Gasteiger partial charge in [0.2, 0.25) is 5.91 Å². The van der Waals surface area contributed by atoms with E-state index in [2.05, 4.69) is 0 Å². The molecule has 3 heteroatoms. The fourth-order valence-corrected chi connectivity index (χ4v) is 1.85. The van der Waals surface area contributed by atoms with Crippen LogP contribution in [0.3, 0.4) is 0 Å². The van der Waals surface area contributed by atoms with Crippen molar-refractivity contribution in [2.45, 2.75) is 6.92 Å². The topological polar surface area (TPSA) is 60.2 Å². The Morgan fingerprint density at radius 2 is 1.72 bits per heavy atom. The summed E-state index contributed by atoms with van der Waals surface area (Å²) < 4.78 is 0. The van der Waals surface area contributed by atoms with Crippen LogP contribution in [0, 0.1) is 6.92 Å². The quantitative estimate of drug-likeness (QED) is 0.837. The molecule has 0 radical (unpaired) electrons. The largest absolute Gasteiger partial charge is 0.366 e. The second-order valence-electron chi connectivity index (χ2n) is 4.19. The molecule has 2 aromatic carbocycles. The number of carbonyl (C=O) groups excluding carboxylic acids is 2. The summed E-state index contributed by atoms with van der Waals surface area (Å²) in [6.45, 7) is 1.91. The molecular formula is C15H13NO2. The Hall–Kier alpha value is -2.42. The third kappa shape index (κ3) is 2.46. The van der Waals surface area contributed by atoms with Crippen LogP contribution < -0.4 is 5.73 Å². The van der Waals surface area contributed by atoms with Crippen molar-refractivity contribution in [1.29, 1.82) is 0 Å². The summed E-state index contributed by atoms with van der Waals surface area (Å²) in [5, 5.41) is 0. The predicted octanol–water partition coefficient (Wildman–Crippen LogP) is 2.57. The maximum atomic E-state index is 11.2. The van der Waals surface area contributed by atoms with Crippen LogP contribution in [0.5, 0.6) is 0 Å². The van der Waals surface area contributed by atoms with Crippen molar-refractivity contribution < 1.29 is 9.59 Å². The summed E-state index contributed by atoms with van der Waals surface area (Å²) >= 11 is 0. The van der Waals surface area contributed by atoms with Crippen LogP contribution >= 0.6 is 0 Å². The molecule has 18 heavy (non-hydrogen) atoms. The number of rotatable bonds is 3. The molecule has 0 atom stereocenters. The van der Waals surface area contributed by atoms with E-state index in [9.17, 15) is 9.59 Å². The number of nitrogens with two attached hydrogens (primary N) is 1. The van der Waals surface area contributed by atoms with Crippen molar-refractivity contribution in [1.82, 2.24) is 0 Å². The molecule has 2 rings (SSSR count). The average molecular weight is 239 g/mol. The lowest BCUT2D eigenvalue weighted by Crippen LogP contribution is -2.11. The minimum Gasteiger partial charge on any atom is -0.366 e. The highest BCUT2D eigenvalue weighted by Gasteiger charge is 2.05. The molecule has 0 unspecified atom stereocenters. The van der Waals surface area contributed by atoms with E-state index in [-0.39, 0.29) is 0 Å². The predicted molar refractivity (Wildman–Crippen MR) is 70.5 cm³/mol. The number of hydrogen-bond acceptors (Lipinski definition) is 2. The highest BCUT2D eigenvalue weighted by Crippen LogP contribution is 2.22.